The second-order valence-electron chi connectivity index (χ2n) is 5.17. The number of carbonyl (C=O) groups excluding carboxylic acids is 1. The minimum absolute atomic E-state index is 0.0645. The molecule has 1 saturated carbocycles. The summed E-state index contributed by atoms with van der Waals surface area (Å²) in [6.07, 6.45) is 4.60. The second-order valence-corrected chi connectivity index (χ2v) is 5.17. The van der Waals surface area contributed by atoms with Gasteiger partial charge in [0.2, 0.25) is 0 Å². The molecule has 5 nitrogen and oxygen atoms in total. The molecule has 94 valence electrons. The number of rotatable bonds is 2. The highest BCUT2D eigenvalue weighted by molar-refractivity contribution is 6.05. The van der Waals surface area contributed by atoms with E-state index in [9.17, 15) is 9.90 Å². The van der Waals surface area contributed by atoms with E-state index in [1.165, 1.54) is 0 Å². The summed E-state index contributed by atoms with van der Waals surface area (Å²) in [5.41, 5.74) is 0.704. The summed E-state index contributed by atoms with van der Waals surface area (Å²) in [6, 6.07) is 3.62. The van der Waals surface area contributed by atoms with Crippen molar-refractivity contribution in [1.82, 2.24) is 15.3 Å². The number of amides is 1. The SMILES string of the molecule is CC1(O)CC(NC(=O)c2ccnc3[nH]ccc23)C1. The molecule has 0 saturated heterocycles. The fourth-order valence-corrected chi connectivity index (χ4v) is 2.53. The summed E-state index contributed by atoms with van der Waals surface area (Å²) < 4.78 is 0. The van der Waals surface area contributed by atoms with Gasteiger partial charge >= 0.3 is 0 Å². The average Bonchev–Trinajstić information content (AvgIpc) is 2.73. The lowest BCUT2D eigenvalue weighted by atomic mass is 9.77. The van der Waals surface area contributed by atoms with Gasteiger partial charge in [0.25, 0.3) is 5.91 Å². The number of nitrogens with zero attached hydrogens (tertiary/aromatic N) is 1. The van der Waals surface area contributed by atoms with Crippen LogP contribution in [0.25, 0.3) is 11.0 Å². The zero-order valence-electron chi connectivity index (χ0n) is 10.1. The molecule has 3 N–H and O–H groups in total. The lowest BCUT2D eigenvalue weighted by molar-refractivity contribution is -0.0366. The molecule has 5 heteroatoms. The molecule has 0 atom stereocenters. The van der Waals surface area contributed by atoms with Crippen LogP contribution in [0.3, 0.4) is 0 Å². The number of pyridine rings is 1. The van der Waals surface area contributed by atoms with E-state index in [0.717, 1.165) is 5.39 Å². The van der Waals surface area contributed by atoms with Crippen molar-refractivity contribution < 1.29 is 9.90 Å². The normalized spacial score (nSPS) is 26.9. The Morgan fingerprint density at radius 2 is 2.33 bits per heavy atom. The first kappa shape index (κ1) is 11.2. The fourth-order valence-electron chi connectivity index (χ4n) is 2.53. The molecule has 0 radical (unpaired) electrons. The van der Waals surface area contributed by atoms with Gasteiger partial charge in [-0.05, 0) is 31.9 Å². The summed E-state index contributed by atoms with van der Waals surface area (Å²) in [4.78, 5) is 19.3. The Bertz CT molecular complexity index is 595. The predicted molar refractivity (Wildman–Crippen MR) is 67.2 cm³/mol. The van der Waals surface area contributed by atoms with E-state index in [0.29, 0.717) is 24.1 Å². The third kappa shape index (κ3) is 1.86. The highest BCUT2D eigenvalue weighted by Gasteiger charge is 2.39. The summed E-state index contributed by atoms with van der Waals surface area (Å²) in [5.74, 6) is -0.109. The first-order valence-electron chi connectivity index (χ1n) is 6.00. The number of hydrogen-bond acceptors (Lipinski definition) is 3. The van der Waals surface area contributed by atoms with Gasteiger partial charge in [-0.1, -0.05) is 0 Å². The highest BCUT2D eigenvalue weighted by atomic mass is 16.3. The lowest BCUT2D eigenvalue weighted by Gasteiger charge is -2.41. The van der Waals surface area contributed by atoms with Gasteiger partial charge in [0, 0.05) is 23.8 Å². The van der Waals surface area contributed by atoms with Crippen LogP contribution in [-0.4, -0.2) is 32.6 Å². The molecule has 0 bridgehead atoms. The number of hydrogen-bond donors (Lipinski definition) is 3. The van der Waals surface area contributed by atoms with Crippen molar-refractivity contribution in [3.05, 3.63) is 30.1 Å². The molecular formula is C13H15N3O2. The van der Waals surface area contributed by atoms with Crippen LogP contribution in [0.5, 0.6) is 0 Å². The minimum atomic E-state index is -0.625. The second kappa shape index (κ2) is 3.81. The minimum Gasteiger partial charge on any atom is -0.390 e. The first-order valence-corrected chi connectivity index (χ1v) is 6.00. The Kier molecular flexibility index (Phi) is 2.38. The maximum atomic E-state index is 12.1. The molecular weight excluding hydrogens is 230 g/mol. The molecule has 1 aliphatic carbocycles. The largest absolute Gasteiger partial charge is 0.390 e. The number of fused-ring (bicyclic) bond motifs is 1. The maximum Gasteiger partial charge on any atom is 0.252 e. The summed E-state index contributed by atoms with van der Waals surface area (Å²) in [5, 5.41) is 13.4. The Morgan fingerprint density at radius 3 is 3.06 bits per heavy atom. The van der Waals surface area contributed by atoms with Crippen LogP contribution in [0.1, 0.15) is 30.1 Å². The standard InChI is InChI=1S/C13H15N3O2/c1-13(18)6-8(7-13)16-12(17)10-3-5-15-11-9(10)2-4-14-11/h2-5,8,18H,6-7H2,1H3,(H,14,15)(H,16,17). The van der Waals surface area contributed by atoms with Crippen molar-refractivity contribution in [3.8, 4) is 0 Å². The number of carbonyl (C=O) groups is 1. The molecule has 1 amide bonds. The van der Waals surface area contributed by atoms with Crippen LogP contribution in [0.15, 0.2) is 24.5 Å². The van der Waals surface area contributed by atoms with Gasteiger partial charge in [-0.15, -0.1) is 0 Å². The molecule has 2 aromatic rings. The van der Waals surface area contributed by atoms with Crippen molar-refractivity contribution in [2.24, 2.45) is 0 Å². The Labute approximate surface area is 104 Å². The zero-order valence-corrected chi connectivity index (χ0v) is 10.1. The molecule has 3 rings (SSSR count). The van der Waals surface area contributed by atoms with Crippen molar-refractivity contribution in [2.45, 2.75) is 31.4 Å². The van der Waals surface area contributed by atoms with Crippen molar-refractivity contribution in [2.75, 3.05) is 0 Å². The van der Waals surface area contributed by atoms with Crippen LogP contribution < -0.4 is 5.32 Å². The predicted octanol–water partition coefficient (Wildman–Crippen LogP) is 1.21. The lowest BCUT2D eigenvalue weighted by Crippen LogP contribution is -2.53. The molecule has 18 heavy (non-hydrogen) atoms. The van der Waals surface area contributed by atoms with Gasteiger partial charge in [0.1, 0.15) is 5.65 Å². The monoisotopic (exact) mass is 245 g/mol. The third-order valence-corrected chi connectivity index (χ3v) is 3.41. The Morgan fingerprint density at radius 1 is 1.56 bits per heavy atom. The summed E-state index contributed by atoms with van der Waals surface area (Å²) in [7, 11) is 0. The molecule has 2 heterocycles. The topological polar surface area (TPSA) is 78.0 Å². The fraction of sp³-hybridized carbons (Fsp3) is 0.385. The smallest absolute Gasteiger partial charge is 0.252 e. The van der Waals surface area contributed by atoms with Gasteiger partial charge in [0.15, 0.2) is 0 Å². The maximum absolute atomic E-state index is 12.1. The number of aromatic amines is 1. The molecule has 1 fully saturated rings. The number of nitrogens with one attached hydrogen (secondary N) is 2. The molecule has 0 aromatic carbocycles. The van der Waals surface area contributed by atoms with Gasteiger partial charge in [-0.2, -0.15) is 0 Å². The molecule has 2 aromatic heterocycles. The summed E-state index contributed by atoms with van der Waals surface area (Å²) in [6.45, 7) is 1.78. The first-order chi connectivity index (χ1) is 8.55. The molecule has 0 unspecified atom stereocenters. The molecule has 0 aliphatic heterocycles. The highest BCUT2D eigenvalue weighted by Crippen LogP contribution is 2.31. The van der Waals surface area contributed by atoms with E-state index >= 15 is 0 Å². The van der Waals surface area contributed by atoms with Crippen molar-refractivity contribution in [1.29, 1.82) is 0 Å². The average molecular weight is 245 g/mol. The van der Waals surface area contributed by atoms with E-state index in [4.69, 9.17) is 0 Å². The van der Waals surface area contributed by atoms with Crippen LogP contribution >= 0.6 is 0 Å². The van der Waals surface area contributed by atoms with E-state index < -0.39 is 5.60 Å². The van der Waals surface area contributed by atoms with Crippen LogP contribution in [0.2, 0.25) is 0 Å². The van der Waals surface area contributed by atoms with Gasteiger partial charge in [0.05, 0.1) is 11.2 Å². The van der Waals surface area contributed by atoms with Crippen molar-refractivity contribution in [3.63, 3.8) is 0 Å². The number of aromatic nitrogens is 2. The quantitative estimate of drug-likeness (QED) is 0.744. The van der Waals surface area contributed by atoms with Crippen LogP contribution in [0.4, 0.5) is 0 Å². The number of aliphatic hydroxyl groups is 1. The summed E-state index contributed by atoms with van der Waals surface area (Å²) >= 11 is 0. The van der Waals surface area contributed by atoms with Crippen molar-refractivity contribution >= 4 is 16.9 Å². The van der Waals surface area contributed by atoms with Crippen LogP contribution in [0, 0.1) is 0 Å². The Balaban J connectivity index is 1.78. The molecule has 1 aliphatic rings. The van der Waals surface area contributed by atoms with Gasteiger partial charge in [-0.3, -0.25) is 4.79 Å². The zero-order chi connectivity index (χ0) is 12.8. The van der Waals surface area contributed by atoms with E-state index in [-0.39, 0.29) is 11.9 Å². The van der Waals surface area contributed by atoms with Gasteiger partial charge < -0.3 is 15.4 Å². The number of H-pyrrole nitrogens is 1. The van der Waals surface area contributed by atoms with E-state index in [2.05, 4.69) is 15.3 Å². The molecule has 0 spiro atoms. The third-order valence-electron chi connectivity index (χ3n) is 3.41. The Hall–Kier alpha value is -1.88. The van der Waals surface area contributed by atoms with E-state index in [1.54, 1.807) is 25.4 Å². The van der Waals surface area contributed by atoms with Gasteiger partial charge in [-0.25, -0.2) is 4.98 Å². The van der Waals surface area contributed by atoms with Crippen LogP contribution in [-0.2, 0) is 0 Å². The van der Waals surface area contributed by atoms with E-state index in [1.807, 2.05) is 6.07 Å².